The van der Waals surface area contributed by atoms with E-state index in [1.807, 2.05) is 0 Å². The molecule has 2 unspecified atom stereocenters. The number of sulfonamides is 1. The van der Waals surface area contributed by atoms with Crippen molar-refractivity contribution in [2.24, 2.45) is 0 Å². The summed E-state index contributed by atoms with van der Waals surface area (Å²) in [6, 6.07) is 5.72. The number of benzene rings is 1. The van der Waals surface area contributed by atoms with Crippen LogP contribution >= 0.6 is 11.6 Å². The minimum atomic E-state index is -3.67. The highest BCUT2D eigenvalue weighted by Gasteiger charge is 2.30. The first-order valence-corrected chi connectivity index (χ1v) is 7.82. The van der Waals surface area contributed by atoms with Gasteiger partial charge in [0.25, 0.3) is 0 Å². The highest BCUT2D eigenvalue weighted by atomic mass is 35.5. The van der Waals surface area contributed by atoms with Crippen LogP contribution in [0.1, 0.15) is 19.8 Å². The Hall–Kier alpha value is -1.11. The van der Waals surface area contributed by atoms with Gasteiger partial charge >= 0.3 is 0 Å². The van der Waals surface area contributed by atoms with E-state index in [0.29, 0.717) is 12.8 Å². The van der Waals surface area contributed by atoms with Crippen molar-refractivity contribution < 1.29 is 13.2 Å². The Kier molecular flexibility index (Phi) is 4.13. The molecule has 1 aliphatic heterocycles. The van der Waals surface area contributed by atoms with Crippen molar-refractivity contribution in [3.63, 3.8) is 0 Å². The lowest BCUT2D eigenvalue weighted by atomic mass is 10.0. The minimum absolute atomic E-state index is 0.0549. The van der Waals surface area contributed by atoms with E-state index in [1.54, 1.807) is 19.1 Å². The van der Waals surface area contributed by atoms with Crippen molar-refractivity contribution in [3.8, 4) is 0 Å². The van der Waals surface area contributed by atoms with Gasteiger partial charge in [-0.3, -0.25) is 4.79 Å². The Morgan fingerprint density at radius 3 is 2.68 bits per heavy atom. The Labute approximate surface area is 117 Å². The molecular formula is C12H15ClN2O3S. The van der Waals surface area contributed by atoms with Crippen molar-refractivity contribution in [1.29, 1.82) is 0 Å². The third kappa shape index (κ3) is 3.26. The van der Waals surface area contributed by atoms with Crippen LogP contribution in [-0.2, 0) is 14.8 Å². The van der Waals surface area contributed by atoms with Gasteiger partial charge in [-0.1, -0.05) is 23.7 Å². The molecule has 1 saturated heterocycles. The Balaban J connectivity index is 2.18. The zero-order valence-electron chi connectivity index (χ0n) is 10.4. The zero-order valence-corrected chi connectivity index (χ0v) is 12.0. The average Bonchev–Trinajstić information content (AvgIpc) is 2.33. The van der Waals surface area contributed by atoms with Crippen LogP contribution in [0.4, 0.5) is 0 Å². The summed E-state index contributed by atoms with van der Waals surface area (Å²) < 4.78 is 27.1. The molecule has 1 aromatic rings. The second-order valence-corrected chi connectivity index (χ2v) is 6.64. The van der Waals surface area contributed by atoms with E-state index in [2.05, 4.69) is 10.0 Å². The zero-order chi connectivity index (χ0) is 14.0. The number of hydrogen-bond acceptors (Lipinski definition) is 3. The van der Waals surface area contributed by atoms with Crippen LogP contribution in [0.5, 0.6) is 0 Å². The number of carbonyl (C=O) groups is 1. The number of nitrogens with one attached hydrogen (secondary N) is 2. The van der Waals surface area contributed by atoms with Gasteiger partial charge in [0.1, 0.15) is 4.90 Å². The molecule has 104 valence electrons. The van der Waals surface area contributed by atoms with Crippen LogP contribution < -0.4 is 10.0 Å². The summed E-state index contributed by atoms with van der Waals surface area (Å²) >= 11 is 5.90. The van der Waals surface area contributed by atoms with Crippen molar-refractivity contribution in [2.45, 2.75) is 36.7 Å². The maximum atomic E-state index is 12.2. The summed E-state index contributed by atoms with van der Waals surface area (Å²) in [6.07, 6.45) is 0.802. The number of hydrogen-bond donors (Lipinski definition) is 2. The van der Waals surface area contributed by atoms with Crippen LogP contribution in [0.2, 0.25) is 5.02 Å². The molecule has 1 aliphatic rings. The monoisotopic (exact) mass is 302 g/mol. The van der Waals surface area contributed by atoms with Gasteiger partial charge in [-0.15, -0.1) is 0 Å². The van der Waals surface area contributed by atoms with E-state index < -0.39 is 10.0 Å². The molecule has 1 aromatic carbocycles. The Morgan fingerprint density at radius 2 is 2.05 bits per heavy atom. The smallest absolute Gasteiger partial charge is 0.242 e. The van der Waals surface area contributed by atoms with E-state index >= 15 is 0 Å². The fraction of sp³-hybridized carbons (Fsp3) is 0.417. The first-order chi connectivity index (χ1) is 8.90. The number of rotatable bonds is 3. The van der Waals surface area contributed by atoms with E-state index in [0.717, 1.165) is 0 Å². The van der Waals surface area contributed by atoms with Crippen LogP contribution in [-0.4, -0.2) is 26.4 Å². The van der Waals surface area contributed by atoms with Gasteiger partial charge < -0.3 is 5.32 Å². The number of carbonyl (C=O) groups excluding carboxylic acids is 1. The molecule has 1 amide bonds. The van der Waals surface area contributed by atoms with Crippen LogP contribution in [0.25, 0.3) is 0 Å². The maximum absolute atomic E-state index is 12.2. The van der Waals surface area contributed by atoms with Crippen LogP contribution in [0.15, 0.2) is 29.2 Å². The molecule has 1 fully saturated rings. The molecule has 0 aliphatic carbocycles. The van der Waals surface area contributed by atoms with E-state index in [1.165, 1.54) is 12.1 Å². The standard InChI is InChI=1S/C12H15ClN2O3S/c1-8-10(6-7-12(16)14-8)15-19(17,18)11-5-3-2-4-9(11)13/h2-5,8,10,15H,6-7H2,1H3,(H,14,16). The molecule has 5 nitrogen and oxygen atoms in total. The molecule has 0 radical (unpaired) electrons. The first kappa shape index (κ1) is 14.3. The molecule has 2 rings (SSSR count). The van der Waals surface area contributed by atoms with Gasteiger partial charge in [-0.2, -0.15) is 0 Å². The summed E-state index contributed by atoms with van der Waals surface area (Å²) in [7, 11) is -3.67. The lowest BCUT2D eigenvalue weighted by molar-refractivity contribution is -0.123. The Bertz CT molecular complexity index is 588. The summed E-state index contributed by atoms with van der Waals surface area (Å²) in [5.74, 6) is -0.0549. The van der Waals surface area contributed by atoms with Gasteiger partial charge in [0.15, 0.2) is 0 Å². The topological polar surface area (TPSA) is 75.3 Å². The van der Waals surface area contributed by atoms with Crippen molar-refractivity contribution in [2.75, 3.05) is 0 Å². The SMILES string of the molecule is CC1NC(=O)CCC1NS(=O)(=O)c1ccccc1Cl. The molecule has 0 spiro atoms. The second kappa shape index (κ2) is 5.48. The van der Waals surface area contributed by atoms with Gasteiger partial charge in [0.05, 0.1) is 5.02 Å². The fourth-order valence-corrected chi connectivity index (χ4v) is 3.92. The van der Waals surface area contributed by atoms with Crippen molar-refractivity contribution >= 4 is 27.5 Å². The highest BCUT2D eigenvalue weighted by molar-refractivity contribution is 7.89. The van der Waals surface area contributed by atoms with E-state index in [4.69, 9.17) is 11.6 Å². The number of halogens is 1. The van der Waals surface area contributed by atoms with Gasteiger partial charge in [-0.25, -0.2) is 13.1 Å². The van der Waals surface area contributed by atoms with Crippen molar-refractivity contribution in [1.82, 2.24) is 10.0 Å². The second-order valence-electron chi connectivity index (χ2n) is 4.55. The van der Waals surface area contributed by atoms with Gasteiger partial charge in [0, 0.05) is 18.5 Å². The predicted octanol–water partition coefficient (Wildman–Crippen LogP) is 1.29. The third-order valence-corrected chi connectivity index (χ3v) is 5.10. The van der Waals surface area contributed by atoms with Gasteiger partial charge in [-0.05, 0) is 25.5 Å². The number of amides is 1. The van der Waals surface area contributed by atoms with E-state index in [9.17, 15) is 13.2 Å². The lowest BCUT2D eigenvalue weighted by Gasteiger charge is -2.30. The first-order valence-electron chi connectivity index (χ1n) is 5.96. The maximum Gasteiger partial charge on any atom is 0.242 e. The molecule has 2 N–H and O–H groups in total. The Morgan fingerprint density at radius 1 is 1.37 bits per heavy atom. The molecule has 7 heteroatoms. The van der Waals surface area contributed by atoms with E-state index in [-0.39, 0.29) is 27.9 Å². The normalized spacial score (nSPS) is 24.0. The fourth-order valence-electron chi connectivity index (χ4n) is 2.05. The van der Waals surface area contributed by atoms with Crippen LogP contribution in [0, 0.1) is 0 Å². The molecule has 0 aromatic heterocycles. The molecule has 2 atom stereocenters. The molecule has 0 saturated carbocycles. The molecule has 0 bridgehead atoms. The predicted molar refractivity (Wildman–Crippen MR) is 72.4 cm³/mol. The lowest BCUT2D eigenvalue weighted by Crippen LogP contribution is -2.53. The molecular weight excluding hydrogens is 288 g/mol. The molecule has 19 heavy (non-hydrogen) atoms. The minimum Gasteiger partial charge on any atom is -0.352 e. The number of piperidine rings is 1. The molecule has 1 heterocycles. The summed E-state index contributed by atoms with van der Waals surface area (Å²) in [5.41, 5.74) is 0. The average molecular weight is 303 g/mol. The third-order valence-electron chi connectivity index (χ3n) is 3.11. The summed E-state index contributed by atoms with van der Waals surface area (Å²) in [4.78, 5) is 11.3. The van der Waals surface area contributed by atoms with Crippen molar-refractivity contribution in [3.05, 3.63) is 29.3 Å². The summed E-state index contributed by atoms with van der Waals surface area (Å²) in [5, 5.41) is 2.90. The largest absolute Gasteiger partial charge is 0.352 e. The van der Waals surface area contributed by atoms with Gasteiger partial charge in [0.2, 0.25) is 15.9 Å². The quantitative estimate of drug-likeness (QED) is 0.883. The highest BCUT2D eigenvalue weighted by Crippen LogP contribution is 2.21. The van der Waals surface area contributed by atoms with Crippen LogP contribution in [0.3, 0.4) is 0 Å². The summed E-state index contributed by atoms with van der Waals surface area (Å²) in [6.45, 7) is 1.77.